The van der Waals surface area contributed by atoms with Crippen molar-refractivity contribution in [3.05, 3.63) is 59.2 Å². The van der Waals surface area contributed by atoms with E-state index in [9.17, 15) is 9.90 Å². The van der Waals surface area contributed by atoms with Gasteiger partial charge < -0.3 is 9.84 Å². The lowest BCUT2D eigenvalue weighted by atomic mass is 9.96. The average molecular weight is 310 g/mol. The van der Waals surface area contributed by atoms with Crippen molar-refractivity contribution in [3.63, 3.8) is 0 Å². The number of hydrogen-bond acceptors (Lipinski definition) is 3. The van der Waals surface area contributed by atoms with E-state index in [0.29, 0.717) is 0 Å². The van der Waals surface area contributed by atoms with Crippen LogP contribution < -0.4 is 0 Å². The Bertz CT molecular complexity index is 741. The monoisotopic (exact) mass is 310 g/mol. The van der Waals surface area contributed by atoms with Crippen LogP contribution in [-0.4, -0.2) is 23.3 Å². The minimum Gasteiger partial charge on any atom is -0.460 e. The molecule has 0 radical (unpaired) electrons. The third-order valence-electron chi connectivity index (χ3n) is 4.07. The molecule has 120 valence electrons. The Morgan fingerprint density at radius 2 is 1.78 bits per heavy atom. The molecule has 23 heavy (non-hydrogen) atoms. The molecule has 3 rings (SSSR count). The van der Waals surface area contributed by atoms with Gasteiger partial charge in [-0.2, -0.15) is 0 Å². The second kappa shape index (κ2) is 5.82. The molecule has 0 aromatic heterocycles. The first-order valence-corrected chi connectivity index (χ1v) is 7.94. The lowest BCUT2D eigenvalue weighted by Crippen LogP contribution is -2.24. The van der Waals surface area contributed by atoms with Crippen LogP contribution in [0.1, 0.15) is 43.4 Å². The molecule has 0 amide bonds. The highest BCUT2D eigenvalue weighted by atomic mass is 16.6. The summed E-state index contributed by atoms with van der Waals surface area (Å²) >= 11 is 0. The molecular formula is C20H22O3. The second-order valence-corrected chi connectivity index (χ2v) is 7.01. The predicted octanol–water partition coefficient (Wildman–Crippen LogP) is 3.68. The van der Waals surface area contributed by atoms with E-state index in [1.54, 1.807) is 0 Å². The summed E-state index contributed by atoms with van der Waals surface area (Å²) in [5.74, 6) is -0.242. The highest BCUT2D eigenvalue weighted by Gasteiger charge is 2.28. The highest BCUT2D eigenvalue weighted by molar-refractivity contribution is 5.80. The lowest BCUT2D eigenvalue weighted by Gasteiger charge is -2.19. The number of esters is 1. The van der Waals surface area contributed by atoms with Gasteiger partial charge >= 0.3 is 5.97 Å². The van der Waals surface area contributed by atoms with Crippen molar-refractivity contribution in [2.45, 2.75) is 38.7 Å². The minimum atomic E-state index is -0.475. The molecule has 1 N–H and O–H groups in total. The Labute approximate surface area is 136 Å². The van der Waals surface area contributed by atoms with Gasteiger partial charge in [0.05, 0.1) is 13.0 Å². The summed E-state index contributed by atoms with van der Waals surface area (Å²) in [5.41, 5.74) is 5.01. The van der Waals surface area contributed by atoms with E-state index < -0.39 is 5.60 Å². The minimum absolute atomic E-state index is 0.0141. The van der Waals surface area contributed by atoms with Gasteiger partial charge in [-0.1, -0.05) is 42.5 Å². The number of ether oxygens (including phenoxy) is 1. The second-order valence-electron chi connectivity index (χ2n) is 7.01. The van der Waals surface area contributed by atoms with Gasteiger partial charge in [-0.05, 0) is 48.6 Å². The lowest BCUT2D eigenvalue weighted by molar-refractivity contribution is -0.153. The van der Waals surface area contributed by atoms with Gasteiger partial charge in [0.15, 0.2) is 0 Å². The van der Waals surface area contributed by atoms with Gasteiger partial charge in [-0.25, -0.2) is 0 Å². The van der Waals surface area contributed by atoms with Crippen LogP contribution in [0.5, 0.6) is 0 Å². The molecule has 3 nitrogen and oxygen atoms in total. The van der Waals surface area contributed by atoms with Crippen LogP contribution in [0.4, 0.5) is 0 Å². The number of carbonyl (C=O) groups is 1. The van der Waals surface area contributed by atoms with Crippen molar-refractivity contribution in [2.75, 3.05) is 6.61 Å². The van der Waals surface area contributed by atoms with Crippen molar-refractivity contribution in [1.82, 2.24) is 0 Å². The summed E-state index contributed by atoms with van der Waals surface area (Å²) in [6.45, 7) is 5.67. The van der Waals surface area contributed by atoms with Crippen molar-refractivity contribution in [2.24, 2.45) is 0 Å². The number of carbonyl (C=O) groups excluding carboxylic acids is 1. The fourth-order valence-corrected chi connectivity index (χ4v) is 3.21. The molecule has 0 saturated heterocycles. The Balaban J connectivity index is 1.89. The first kappa shape index (κ1) is 15.8. The first-order valence-electron chi connectivity index (χ1n) is 7.94. The van der Waals surface area contributed by atoms with E-state index in [2.05, 4.69) is 12.1 Å². The van der Waals surface area contributed by atoms with Crippen LogP contribution in [0, 0.1) is 0 Å². The van der Waals surface area contributed by atoms with Gasteiger partial charge in [-0.3, -0.25) is 4.79 Å². The zero-order chi connectivity index (χ0) is 16.6. The molecule has 0 saturated carbocycles. The van der Waals surface area contributed by atoms with Gasteiger partial charge in [0.2, 0.25) is 0 Å². The van der Waals surface area contributed by atoms with Crippen LogP contribution in [0.2, 0.25) is 0 Å². The Hall–Kier alpha value is -2.13. The van der Waals surface area contributed by atoms with Crippen LogP contribution in [0.3, 0.4) is 0 Å². The highest BCUT2D eigenvalue weighted by Crippen LogP contribution is 2.44. The van der Waals surface area contributed by atoms with Gasteiger partial charge in [0.1, 0.15) is 5.60 Å². The van der Waals surface area contributed by atoms with E-state index in [1.807, 2.05) is 51.1 Å². The van der Waals surface area contributed by atoms with Gasteiger partial charge in [-0.15, -0.1) is 0 Å². The standard InChI is InChI=1S/C20H22O3/c1-20(2,3)23-19(22)11-13-8-9-16-14-6-4-5-7-15(14)18(12-21)17(16)10-13/h4-10,18,21H,11-12H2,1-3H3. The molecule has 0 bridgehead atoms. The summed E-state index contributed by atoms with van der Waals surface area (Å²) in [6, 6.07) is 14.2. The maximum atomic E-state index is 12.0. The Morgan fingerprint density at radius 1 is 1.09 bits per heavy atom. The molecule has 0 spiro atoms. The number of fused-ring (bicyclic) bond motifs is 3. The third-order valence-corrected chi connectivity index (χ3v) is 4.07. The fourth-order valence-electron chi connectivity index (χ4n) is 3.21. The van der Waals surface area contributed by atoms with Gasteiger partial charge in [0, 0.05) is 5.92 Å². The number of aliphatic hydroxyl groups is 1. The molecule has 2 aromatic carbocycles. The first-order chi connectivity index (χ1) is 10.9. The topological polar surface area (TPSA) is 46.5 Å². The summed E-state index contributed by atoms with van der Waals surface area (Å²) in [4.78, 5) is 12.0. The average Bonchev–Trinajstić information content (AvgIpc) is 2.78. The normalized spacial score (nSPS) is 15.9. The van der Waals surface area contributed by atoms with Crippen molar-refractivity contribution in [1.29, 1.82) is 0 Å². The molecule has 2 aromatic rings. The quantitative estimate of drug-likeness (QED) is 0.880. The number of rotatable bonds is 3. The molecular weight excluding hydrogens is 288 g/mol. The van der Waals surface area contributed by atoms with Gasteiger partial charge in [0.25, 0.3) is 0 Å². The van der Waals surface area contributed by atoms with Crippen LogP contribution in [-0.2, 0) is 16.0 Å². The van der Waals surface area contributed by atoms with E-state index in [4.69, 9.17) is 4.74 Å². The van der Waals surface area contributed by atoms with Crippen molar-refractivity contribution in [3.8, 4) is 11.1 Å². The molecule has 3 heteroatoms. The van der Waals surface area contributed by atoms with E-state index >= 15 is 0 Å². The van der Waals surface area contributed by atoms with Crippen LogP contribution >= 0.6 is 0 Å². The van der Waals surface area contributed by atoms with Crippen molar-refractivity contribution >= 4 is 5.97 Å². The molecule has 1 atom stereocenters. The van der Waals surface area contributed by atoms with E-state index in [-0.39, 0.29) is 24.9 Å². The molecule has 1 unspecified atom stereocenters. The summed E-state index contributed by atoms with van der Waals surface area (Å²) in [7, 11) is 0. The molecule has 0 heterocycles. The number of aliphatic hydroxyl groups excluding tert-OH is 1. The number of hydrogen-bond donors (Lipinski definition) is 1. The van der Waals surface area contributed by atoms with E-state index in [0.717, 1.165) is 22.3 Å². The largest absolute Gasteiger partial charge is 0.460 e. The smallest absolute Gasteiger partial charge is 0.310 e. The summed E-state index contributed by atoms with van der Waals surface area (Å²) in [6.07, 6.45) is 0.249. The fraction of sp³-hybridized carbons (Fsp3) is 0.350. The van der Waals surface area contributed by atoms with Crippen LogP contribution in [0.15, 0.2) is 42.5 Å². The van der Waals surface area contributed by atoms with Crippen LogP contribution in [0.25, 0.3) is 11.1 Å². The molecule has 0 aliphatic heterocycles. The molecule has 0 fully saturated rings. The summed E-state index contributed by atoms with van der Waals surface area (Å²) in [5, 5.41) is 9.79. The maximum Gasteiger partial charge on any atom is 0.310 e. The number of benzene rings is 2. The zero-order valence-electron chi connectivity index (χ0n) is 13.8. The van der Waals surface area contributed by atoms with Crippen molar-refractivity contribution < 1.29 is 14.6 Å². The summed E-state index contributed by atoms with van der Waals surface area (Å²) < 4.78 is 5.39. The third kappa shape index (κ3) is 3.15. The maximum absolute atomic E-state index is 12.0. The van der Waals surface area contributed by atoms with E-state index in [1.165, 1.54) is 5.56 Å². The zero-order valence-corrected chi connectivity index (χ0v) is 13.8. The SMILES string of the molecule is CC(C)(C)OC(=O)Cc1ccc2c(c1)C(CO)c1ccccc1-2. The molecule has 1 aliphatic carbocycles. The Kier molecular flexibility index (Phi) is 3.99. The Morgan fingerprint density at radius 3 is 2.48 bits per heavy atom. The predicted molar refractivity (Wildman–Crippen MR) is 90.4 cm³/mol. The molecule has 1 aliphatic rings.